The Morgan fingerprint density at radius 1 is 0.625 bits per heavy atom. The molecule has 124 valence electrons. The summed E-state index contributed by atoms with van der Waals surface area (Å²) >= 11 is 0. The van der Waals surface area contributed by atoms with Crippen molar-refractivity contribution < 1.29 is 9.59 Å². The van der Waals surface area contributed by atoms with Gasteiger partial charge in [0.05, 0.1) is 13.1 Å². The van der Waals surface area contributed by atoms with Gasteiger partial charge in [-0.3, -0.25) is 0 Å². The molecule has 1 aliphatic rings. The van der Waals surface area contributed by atoms with Gasteiger partial charge in [-0.25, -0.2) is 29.6 Å². The SMILES string of the molecule is CN1C(=O)N(C)N(Cc2ccccc2)C(=O)N1Cc1ccccc1. The molecule has 4 amide bonds. The maximum atomic E-state index is 12.9. The minimum atomic E-state index is -0.249. The highest BCUT2D eigenvalue weighted by atomic mass is 16.2. The molecule has 2 aromatic carbocycles. The zero-order valence-corrected chi connectivity index (χ0v) is 13.8. The third-order valence-electron chi connectivity index (χ3n) is 4.07. The number of hydrogen-bond acceptors (Lipinski definition) is 2. The topological polar surface area (TPSA) is 47.1 Å². The second-order valence-corrected chi connectivity index (χ2v) is 5.70. The molecule has 0 aromatic heterocycles. The molecule has 0 radical (unpaired) electrons. The molecule has 0 aliphatic carbocycles. The first-order chi connectivity index (χ1) is 11.6. The Morgan fingerprint density at radius 3 is 1.38 bits per heavy atom. The second-order valence-electron chi connectivity index (χ2n) is 5.70. The summed E-state index contributed by atoms with van der Waals surface area (Å²) < 4.78 is 0. The van der Waals surface area contributed by atoms with Crippen molar-refractivity contribution in [1.82, 2.24) is 20.0 Å². The smallest absolute Gasteiger partial charge is 0.245 e. The van der Waals surface area contributed by atoms with Crippen LogP contribution >= 0.6 is 0 Å². The van der Waals surface area contributed by atoms with Gasteiger partial charge in [0, 0.05) is 14.1 Å². The summed E-state index contributed by atoms with van der Waals surface area (Å²) in [5, 5.41) is 5.63. The van der Waals surface area contributed by atoms with E-state index in [1.807, 2.05) is 60.7 Å². The van der Waals surface area contributed by atoms with Crippen LogP contribution in [-0.2, 0) is 13.1 Å². The fraction of sp³-hybridized carbons (Fsp3) is 0.222. The van der Waals surface area contributed by atoms with Crippen LogP contribution in [0.15, 0.2) is 60.7 Å². The molecule has 24 heavy (non-hydrogen) atoms. The Bertz CT molecular complexity index is 661. The molecule has 2 aromatic rings. The van der Waals surface area contributed by atoms with E-state index in [0.29, 0.717) is 13.1 Å². The Hall–Kier alpha value is -3.02. The number of urea groups is 2. The van der Waals surface area contributed by atoms with Crippen LogP contribution in [0.4, 0.5) is 9.59 Å². The molecule has 0 saturated carbocycles. The lowest BCUT2D eigenvalue weighted by molar-refractivity contribution is -0.0651. The van der Waals surface area contributed by atoms with Gasteiger partial charge >= 0.3 is 12.1 Å². The molecule has 0 N–H and O–H groups in total. The van der Waals surface area contributed by atoms with Crippen LogP contribution in [0, 0.1) is 0 Å². The monoisotopic (exact) mass is 324 g/mol. The van der Waals surface area contributed by atoms with E-state index in [-0.39, 0.29) is 12.1 Å². The van der Waals surface area contributed by atoms with Crippen LogP contribution in [0.25, 0.3) is 0 Å². The summed E-state index contributed by atoms with van der Waals surface area (Å²) in [6, 6.07) is 18.8. The minimum absolute atomic E-state index is 0.229. The second kappa shape index (κ2) is 6.62. The highest BCUT2D eigenvalue weighted by Gasteiger charge is 2.38. The van der Waals surface area contributed by atoms with Crippen LogP contribution in [0.3, 0.4) is 0 Å². The van der Waals surface area contributed by atoms with Gasteiger partial charge in [-0.2, -0.15) is 0 Å². The lowest BCUT2D eigenvalue weighted by Gasteiger charge is -2.46. The average Bonchev–Trinajstić information content (AvgIpc) is 2.62. The largest absolute Gasteiger partial charge is 0.358 e. The average molecular weight is 324 g/mol. The van der Waals surface area contributed by atoms with E-state index in [9.17, 15) is 9.59 Å². The normalized spacial score (nSPS) is 15.2. The van der Waals surface area contributed by atoms with Gasteiger partial charge in [-0.05, 0) is 11.1 Å². The molecule has 1 heterocycles. The van der Waals surface area contributed by atoms with Gasteiger partial charge in [0.2, 0.25) is 0 Å². The van der Waals surface area contributed by atoms with E-state index < -0.39 is 0 Å². The molecule has 1 saturated heterocycles. The lowest BCUT2D eigenvalue weighted by Crippen LogP contribution is -2.65. The summed E-state index contributed by atoms with van der Waals surface area (Å²) in [5.74, 6) is 0. The third kappa shape index (κ3) is 3.03. The highest BCUT2D eigenvalue weighted by molar-refractivity contribution is 5.85. The van der Waals surface area contributed by atoms with E-state index in [0.717, 1.165) is 11.1 Å². The fourth-order valence-electron chi connectivity index (χ4n) is 2.67. The van der Waals surface area contributed by atoms with Crippen molar-refractivity contribution in [2.75, 3.05) is 14.1 Å². The first kappa shape index (κ1) is 15.9. The zero-order chi connectivity index (χ0) is 17.1. The molecule has 3 rings (SSSR count). The van der Waals surface area contributed by atoms with Crippen molar-refractivity contribution in [3.8, 4) is 0 Å². The molecule has 0 bridgehead atoms. The van der Waals surface area contributed by atoms with E-state index in [2.05, 4.69) is 0 Å². The Balaban J connectivity index is 1.84. The summed E-state index contributed by atoms with van der Waals surface area (Å²) in [7, 11) is 3.22. The van der Waals surface area contributed by atoms with Crippen molar-refractivity contribution >= 4 is 12.1 Å². The Morgan fingerprint density at radius 2 is 1.00 bits per heavy atom. The molecule has 6 heteroatoms. The quantitative estimate of drug-likeness (QED) is 0.868. The molecule has 0 spiro atoms. The van der Waals surface area contributed by atoms with E-state index in [1.165, 1.54) is 20.0 Å². The molecule has 1 aliphatic heterocycles. The number of carbonyl (C=O) groups excluding carboxylic acids is 2. The number of benzene rings is 2. The van der Waals surface area contributed by atoms with Crippen LogP contribution in [-0.4, -0.2) is 46.2 Å². The van der Waals surface area contributed by atoms with Gasteiger partial charge in [-0.1, -0.05) is 60.7 Å². The van der Waals surface area contributed by atoms with E-state index in [1.54, 1.807) is 14.1 Å². The predicted molar refractivity (Wildman–Crippen MR) is 90.3 cm³/mol. The van der Waals surface area contributed by atoms with E-state index in [4.69, 9.17) is 0 Å². The maximum absolute atomic E-state index is 12.9. The van der Waals surface area contributed by atoms with Gasteiger partial charge < -0.3 is 0 Å². The molecular formula is C18H20N4O2. The first-order valence-corrected chi connectivity index (χ1v) is 7.76. The van der Waals surface area contributed by atoms with Gasteiger partial charge in [0.15, 0.2) is 0 Å². The fourth-order valence-corrected chi connectivity index (χ4v) is 2.67. The van der Waals surface area contributed by atoms with Gasteiger partial charge in [0.25, 0.3) is 0 Å². The van der Waals surface area contributed by atoms with Gasteiger partial charge in [0.1, 0.15) is 0 Å². The number of nitrogens with zero attached hydrogens (tertiary/aromatic N) is 4. The minimum Gasteiger partial charge on any atom is -0.245 e. The summed E-state index contributed by atoms with van der Waals surface area (Å²) in [4.78, 5) is 25.4. The number of rotatable bonds is 4. The number of hydrazine groups is 2. The first-order valence-electron chi connectivity index (χ1n) is 7.76. The third-order valence-corrected chi connectivity index (χ3v) is 4.07. The summed E-state index contributed by atoms with van der Waals surface area (Å²) in [5.41, 5.74) is 1.93. The molecular weight excluding hydrogens is 304 g/mol. The van der Waals surface area contributed by atoms with E-state index >= 15 is 0 Å². The van der Waals surface area contributed by atoms with Crippen LogP contribution < -0.4 is 0 Å². The lowest BCUT2D eigenvalue weighted by atomic mass is 10.2. The van der Waals surface area contributed by atoms with Crippen LogP contribution in [0.2, 0.25) is 0 Å². The summed E-state index contributed by atoms with van der Waals surface area (Å²) in [6.45, 7) is 0.697. The van der Waals surface area contributed by atoms with Crippen molar-refractivity contribution in [3.05, 3.63) is 71.8 Å². The highest BCUT2D eigenvalue weighted by Crippen LogP contribution is 2.20. The number of hydrogen-bond donors (Lipinski definition) is 0. The van der Waals surface area contributed by atoms with Crippen LogP contribution in [0.1, 0.15) is 11.1 Å². The maximum Gasteiger partial charge on any atom is 0.358 e. The van der Waals surface area contributed by atoms with Crippen molar-refractivity contribution in [1.29, 1.82) is 0 Å². The standard InChI is InChI=1S/C18H20N4O2/c1-19-17(23)20(2)22(14-16-11-7-4-8-12-16)18(24)21(19)13-15-9-5-3-6-10-15/h3-12H,13-14H2,1-2H3. The molecule has 6 nitrogen and oxygen atoms in total. The van der Waals surface area contributed by atoms with Crippen molar-refractivity contribution in [3.63, 3.8) is 0 Å². The van der Waals surface area contributed by atoms with Crippen molar-refractivity contribution in [2.45, 2.75) is 13.1 Å². The molecule has 1 fully saturated rings. The summed E-state index contributed by atoms with van der Waals surface area (Å²) in [6.07, 6.45) is 0. The van der Waals surface area contributed by atoms with Gasteiger partial charge in [-0.15, -0.1) is 0 Å². The van der Waals surface area contributed by atoms with Crippen LogP contribution in [0.5, 0.6) is 0 Å². The zero-order valence-electron chi connectivity index (χ0n) is 13.8. The number of carbonyl (C=O) groups is 2. The molecule has 0 atom stereocenters. The predicted octanol–water partition coefficient (Wildman–Crippen LogP) is 2.94. The Kier molecular flexibility index (Phi) is 4.37. The number of amides is 4. The van der Waals surface area contributed by atoms with Crippen molar-refractivity contribution in [2.24, 2.45) is 0 Å². The Labute approximate surface area is 141 Å². The molecule has 0 unspecified atom stereocenters.